The third kappa shape index (κ3) is 6.93. The van der Waals surface area contributed by atoms with Crippen molar-refractivity contribution in [1.29, 1.82) is 0 Å². The highest BCUT2D eigenvalue weighted by molar-refractivity contribution is 8.00. The van der Waals surface area contributed by atoms with Crippen molar-refractivity contribution in [2.75, 3.05) is 37.2 Å². The molecule has 5 rings (SSSR count). The Bertz CT molecular complexity index is 1450. The van der Waals surface area contributed by atoms with Gasteiger partial charge in [-0.1, -0.05) is 81.4 Å². The minimum absolute atomic E-state index is 0.0395. The molecule has 3 aromatic rings. The van der Waals surface area contributed by atoms with Crippen LogP contribution in [0.5, 0.6) is 0 Å². The number of rotatable bonds is 11. The summed E-state index contributed by atoms with van der Waals surface area (Å²) in [4.78, 5) is 13.0. The van der Waals surface area contributed by atoms with Crippen molar-refractivity contribution in [3.05, 3.63) is 90.0 Å². The van der Waals surface area contributed by atoms with Gasteiger partial charge in [0.05, 0.1) is 11.4 Å². The number of amides is 1. The molecule has 0 unspecified atom stereocenters. The number of carbonyl (C=O) groups is 1. The van der Waals surface area contributed by atoms with Crippen LogP contribution in [0, 0.1) is 0 Å². The molecule has 0 aromatic heterocycles. The fourth-order valence-electron chi connectivity index (χ4n) is 5.88. The standard InChI is InChI=1S/C35H46N2O7SSi/c1-32(2,3)46-44-35(23-14-10-8-11-15-23,24-16-12-9-13-17-24)31-30(42-33(4,40-6)34(5,41-7)43-31)27(38)21-36-25-18-19-28-26(20-25)37-29(39)22-45-28/h8-20,27,30-31,36,38H,21-22,46H2,1-7H3,(H,37,39)/t27-,30-,31-,33+,34+/m1/s1. The molecule has 11 heteroatoms. The number of aliphatic hydroxyl groups excluding tert-OH is 1. The van der Waals surface area contributed by atoms with Gasteiger partial charge in [0, 0.05) is 31.3 Å². The summed E-state index contributed by atoms with van der Waals surface area (Å²) >= 11 is 1.50. The number of methoxy groups -OCH3 is 2. The second-order valence-corrected chi connectivity index (χ2v) is 16.9. The summed E-state index contributed by atoms with van der Waals surface area (Å²) < 4.78 is 32.9. The van der Waals surface area contributed by atoms with E-state index in [4.69, 9.17) is 23.4 Å². The molecule has 1 saturated heterocycles. The Labute approximate surface area is 278 Å². The van der Waals surface area contributed by atoms with Gasteiger partial charge in [0.2, 0.25) is 17.5 Å². The maximum atomic E-state index is 12.1. The van der Waals surface area contributed by atoms with E-state index in [2.05, 4.69) is 31.4 Å². The molecule has 0 saturated carbocycles. The molecule has 0 spiro atoms. The SMILES string of the molecule is CO[C@@]1(C)O[C@H]([C@H](O)CNc2ccc3c(c2)NC(=O)CS3)[C@H](C(O[SiH2]C(C)(C)C)(c2ccccc2)c2ccccc2)O[C@]1(C)OC. The molecule has 0 bridgehead atoms. The van der Waals surface area contributed by atoms with Crippen LogP contribution >= 0.6 is 11.8 Å². The molecule has 3 aromatic carbocycles. The first-order chi connectivity index (χ1) is 21.8. The molecule has 1 fully saturated rings. The van der Waals surface area contributed by atoms with Crippen LogP contribution in [0.4, 0.5) is 11.4 Å². The highest BCUT2D eigenvalue weighted by Crippen LogP contribution is 2.50. The van der Waals surface area contributed by atoms with Gasteiger partial charge < -0.3 is 39.1 Å². The van der Waals surface area contributed by atoms with E-state index in [0.29, 0.717) is 5.75 Å². The second-order valence-electron chi connectivity index (χ2n) is 13.2. The number of hydrogen-bond acceptors (Lipinski definition) is 9. The Morgan fingerprint density at radius 1 is 0.978 bits per heavy atom. The van der Waals surface area contributed by atoms with E-state index >= 15 is 0 Å². The summed E-state index contributed by atoms with van der Waals surface area (Å²) in [5, 5.41) is 18.3. The maximum Gasteiger partial charge on any atom is 0.234 e. The first kappa shape index (κ1) is 34.6. The smallest absolute Gasteiger partial charge is 0.234 e. The topological polar surface area (TPSA) is 108 Å². The molecule has 3 N–H and O–H groups in total. The Balaban J connectivity index is 1.60. The van der Waals surface area contributed by atoms with Crippen molar-refractivity contribution in [1.82, 2.24) is 0 Å². The zero-order valence-corrected chi connectivity index (χ0v) is 29.9. The summed E-state index contributed by atoms with van der Waals surface area (Å²) in [5.74, 6) is -2.39. The van der Waals surface area contributed by atoms with Gasteiger partial charge in [-0.05, 0) is 48.2 Å². The van der Waals surface area contributed by atoms with Crippen LogP contribution in [0.15, 0.2) is 83.8 Å². The number of thioether (sulfide) groups is 1. The average Bonchev–Trinajstić information content (AvgIpc) is 3.05. The van der Waals surface area contributed by atoms with Crippen molar-refractivity contribution in [3.63, 3.8) is 0 Å². The molecule has 9 nitrogen and oxygen atoms in total. The van der Waals surface area contributed by atoms with Gasteiger partial charge in [-0.2, -0.15) is 0 Å². The van der Waals surface area contributed by atoms with Crippen molar-refractivity contribution in [3.8, 4) is 0 Å². The number of anilines is 2. The third-order valence-corrected chi connectivity index (χ3v) is 11.2. The first-order valence-corrected chi connectivity index (χ1v) is 17.8. The van der Waals surface area contributed by atoms with Gasteiger partial charge in [0.15, 0.2) is 9.76 Å². The minimum Gasteiger partial charge on any atom is -0.408 e. The van der Waals surface area contributed by atoms with E-state index in [1.807, 2.05) is 78.9 Å². The quantitative estimate of drug-likeness (QED) is 0.236. The van der Waals surface area contributed by atoms with Gasteiger partial charge in [-0.15, -0.1) is 11.8 Å². The van der Waals surface area contributed by atoms with Crippen LogP contribution in [0.2, 0.25) is 5.04 Å². The van der Waals surface area contributed by atoms with Crippen LogP contribution in [-0.4, -0.2) is 77.2 Å². The molecule has 1 amide bonds. The molecule has 2 aliphatic heterocycles. The molecule has 5 atom stereocenters. The number of nitrogens with one attached hydrogen (secondary N) is 2. The molecular weight excluding hydrogens is 621 g/mol. The monoisotopic (exact) mass is 666 g/mol. The summed E-state index contributed by atoms with van der Waals surface area (Å²) in [6, 6.07) is 25.7. The van der Waals surface area contributed by atoms with E-state index in [0.717, 1.165) is 27.4 Å². The predicted molar refractivity (Wildman–Crippen MR) is 184 cm³/mol. The number of carbonyl (C=O) groups excluding carboxylic acids is 1. The van der Waals surface area contributed by atoms with Crippen LogP contribution in [0.1, 0.15) is 45.7 Å². The van der Waals surface area contributed by atoms with E-state index < -0.39 is 45.3 Å². The third-order valence-electron chi connectivity index (χ3n) is 8.66. The molecule has 46 heavy (non-hydrogen) atoms. The van der Waals surface area contributed by atoms with E-state index in [1.54, 1.807) is 21.0 Å². The number of ether oxygens (including phenoxy) is 4. The maximum absolute atomic E-state index is 12.1. The first-order valence-electron chi connectivity index (χ1n) is 15.5. The number of fused-ring (bicyclic) bond motifs is 1. The minimum atomic E-state index is -1.38. The zero-order valence-electron chi connectivity index (χ0n) is 27.7. The summed E-state index contributed by atoms with van der Waals surface area (Å²) in [6.07, 6.45) is -2.91. The predicted octanol–water partition coefficient (Wildman–Crippen LogP) is 5.28. The number of aliphatic hydroxyl groups is 1. The molecule has 2 aliphatic rings. The van der Waals surface area contributed by atoms with Crippen molar-refractivity contribution < 1.29 is 33.3 Å². The van der Waals surface area contributed by atoms with E-state index in [-0.39, 0.29) is 17.5 Å². The Morgan fingerprint density at radius 2 is 1.57 bits per heavy atom. The lowest BCUT2D eigenvalue weighted by Gasteiger charge is -2.57. The lowest BCUT2D eigenvalue weighted by Crippen LogP contribution is -2.71. The highest BCUT2D eigenvalue weighted by Gasteiger charge is 2.63. The highest BCUT2D eigenvalue weighted by atomic mass is 32.2. The average molecular weight is 667 g/mol. The largest absolute Gasteiger partial charge is 0.408 e. The fraction of sp³-hybridized carbons (Fsp3) is 0.457. The van der Waals surface area contributed by atoms with Gasteiger partial charge >= 0.3 is 0 Å². The fourth-order valence-corrected chi connectivity index (χ4v) is 7.83. The molecule has 2 heterocycles. The van der Waals surface area contributed by atoms with Gasteiger partial charge in [0.1, 0.15) is 23.9 Å². The number of benzene rings is 3. The van der Waals surface area contributed by atoms with Crippen molar-refractivity contribution in [2.45, 2.75) is 80.0 Å². The lowest BCUT2D eigenvalue weighted by atomic mass is 9.77. The van der Waals surface area contributed by atoms with Gasteiger partial charge in [-0.3, -0.25) is 4.79 Å². The molecular formula is C35H46N2O7SSi. The van der Waals surface area contributed by atoms with Crippen LogP contribution in [-0.2, 0) is 33.8 Å². The summed E-state index contributed by atoms with van der Waals surface area (Å²) in [6.45, 7) is 10.2. The second kappa shape index (κ2) is 13.8. The summed E-state index contributed by atoms with van der Waals surface area (Å²) in [5.41, 5.74) is 2.07. The van der Waals surface area contributed by atoms with Gasteiger partial charge in [-0.25, -0.2) is 0 Å². The Hall–Kier alpha value is -2.74. The van der Waals surface area contributed by atoms with Crippen LogP contribution in [0.25, 0.3) is 0 Å². The molecule has 248 valence electrons. The van der Waals surface area contributed by atoms with Crippen LogP contribution < -0.4 is 10.6 Å². The lowest BCUT2D eigenvalue weighted by molar-refractivity contribution is -0.463. The van der Waals surface area contributed by atoms with Crippen LogP contribution in [0.3, 0.4) is 0 Å². The molecule has 0 aliphatic carbocycles. The Kier molecular flexibility index (Phi) is 10.4. The normalized spacial score (nSPS) is 26.0. The number of hydrogen-bond donors (Lipinski definition) is 3. The summed E-state index contributed by atoms with van der Waals surface area (Å²) in [7, 11) is 1.87. The van der Waals surface area contributed by atoms with Crippen molar-refractivity contribution >= 4 is 38.8 Å². The van der Waals surface area contributed by atoms with Gasteiger partial charge in [0.25, 0.3) is 0 Å². The zero-order chi connectivity index (χ0) is 33.2. The molecule has 0 radical (unpaired) electrons. The van der Waals surface area contributed by atoms with Crippen molar-refractivity contribution in [2.24, 2.45) is 0 Å². The van der Waals surface area contributed by atoms with E-state index in [9.17, 15) is 9.90 Å². The Morgan fingerprint density at radius 3 is 2.13 bits per heavy atom. The van der Waals surface area contributed by atoms with E-state index in [1.165, 1.54) is 18.9 Å².